The molecular formula is C17H23N3O7. The van der Waals surface area contributed by atoms with Crippen LogP contribution >= 0.6 is 0 Å². The zero-order valence-electron chi connectivity index (χ0n) is 15.7. The van der Waals surface area contributed by atoms with E-state index in [0.717, 1.165) is 6.20 Å². The summed E-state index contributed by atoms with van der Waals surface area (Å²) in [5, 5.41) is 9.03. The molecule has 1 aromatic rings. The Labute approximate surface area is 156 Å². The minimum absolute atomic E-state index is 0.0726. The van der Waals surface area contributed by atoms with E-state index in [9.17, 15) is 14.4 Å². The smallest absolute Gasteiger partial charge is 0.356 e. The molecule has 148 valence electrons. The highest BCUT2D eigenvalue weighted by molar-refractivity contribution is 6.14. The molecule has 0 saturated carbocycles. The molecule has 1 heterocycles. The number of carbonyl (C=O) groups excluding carboxylic acids is 3. The Morgan fingerprint density at radius 2 is 1.56 bits per heavy atom. The highest BCUT2D eigenvalue weighted by atomic mass is 16.6. The molecule has 1 rings (SSSR count). The van der Waals surface area contributed by atoms with Crippen molar-refractivity contribution < 1.29 is 33.1 Å². The number of esters is 3. The van der Waals surface area contributed by atoms with Gasteiger partial charge in [-0.15, -0.1) is 0 Å². The van der Waals surface area contributed by atoms with Gasteiger partial charge in [0.05, 0.1) is 19.8 Å². The summed E-state index contributed by atoms with van der Waals surface area (Å²) in [6.45, 7) is 6.83. The van der Waals surface area contributed by atoms with E-state index in [1.54, 1.807) is 33.8 Å². The lowest BCUT2D eigenvalue weighted by molar-refractivity contribution is -0.147. The van der Waals surface area contributed by atoms with Crippen molar-refractivity contribution in [2.24, 2.45) is 0 Å². The molecule has 27 heavy (non-hydrogen) atoms. The second kappa shape index (κ2) is 11.3. The van der Waals surface area contributed by atoms with Gasteiger partial charge in [-0.25, -0.2) is 14.4 Å². The fourth-order valence-corrected chi connectivity index (χ4v) is 1.72. The van der Waals surface area contributed by atoms with Gasteiger partial charge >= 0.3 is 17.9 Å². The molecule has 10 heteroatoms. The summed E-state index contributed by atoms with van der Waals surface area (Å²) < 4.78 is 19.5. The third-order valence-corrected chi connectivity index (χ3v) is 2.85. The minimum Gasteiger partial charge on any atom is -0.462 e. The predicted molar refractivity (Wildman–Crippen MR) is 94.1 cm³/mol. The van der Waals surface area contributed by atoms with Crippen molar-refractivity contribution in [2.75, 3.05) is 25.1 Å². The molecule has 0 saturated heterocycles. The van der Waals surface area contributed by atoms with Gasteiger partial charge < -0.3 is 29.4 Å². The third kappa shape index (κ3) is 7.22. The lowest BCUT2D eigenvalue weighted by atomic mass is 10.3. The lowest BCUT2D eigenvalue weighted by Crippen LogP contribution is -2.24. The predicted octanol–water partition coefficient (Wildman–Crippen LogP) is 1.40. The van der Waals surface area contributed by atoms with Gasteiger partial charge in [-0.1, -0.05) is 5.16 Å². The Bertz CT molecular complexity index is 702. The van der Waals surface area contributed by atoms with Crippen molar-refractivity contribution in [3.63, 3.8) is 0 Å². The third-order valence-electron chi connectivity index (χ3n) is 2.85. The van der Waals surface area contributed by atoms with Gasteiger partial charge in [0.15, 0.2) is 11.4 Å². The molecule has 0 aromatic carbocycles. The van der Waals surface area contributed by atoms with Crippen molar-refractivity contribution >= 4 is 23.7 Å². The topological polar surface area (TPSA) is 129 Å². The maximum absolute atomic E-state index is 12.1. The lowest BCUT2D eigenvalue weighted by Gasteiger charge is -2.10. The van der Waals surface area contributed by atoms with Crippen molar-refractivity contribution in [1.82, 2.24) is 10.5 Å². The number of carbonyl (C=O) groups is 3. The maximum Gasteiger partial charge on any atom is 0.356 e. The highest BCUT2D eigenvalue weighted by Gasteiger charge is 2.22. The molecule has 0 unspecified atom stereocenters. The standard InChI is InChI=1S/C17H23N3O7/c1-5-24-15(21)12(16(22)25-6-2)9-18-13(17(23)26-7-3)10-19-14-8-11(4)27-20-14/h8-10,18H,5-7H2,1-4H3,(H,19,20)/b13-10-. The Balaban J connectivity index is 3.04. The summed E-state index contributed by atoms with van der Waals surface area (Å²) in [6, 6.07) is 1.61. The molecule has 0 fully saturated rings. The number of aromatic nitrogens is 1. The zero-order valence-corrected chi connectivity index (χ0v) is 15.7. The van der Waals surface area contributed by atoms with E-state index < -0.39 is 23.5 Å². The van der Waals surface area contributed by atoms with Crippen LogP contribution in [-0.2, 0) is 28.6 Å². The van der Waals surface area contributed by atoms with Crippen molar-refractivity contribution in [1.29, 1.82) is 0 Å². The van der Waals surface area contributed by atoms with Crippen LogP contribution in [0.2, 0.25) is 0 Å². The van der Waals surface area contributed by atoms with Crippen molar-refractivity contribution in [3.8, 4) is 0 Å². The second-order valence-electron chi connectivity index (χ2n) is 4.89. The second-order valence-corrected chi connectivity index (χ2v) is 4.89. The molecule has 0 aliphatic carbocycles. The Morgan fingerprint density at radius 1 is 1.00 bits per heavy atom. The summed E-state index contributed by atoms with van der Waals surface area (Å²) in [7, 11) is 0. The molecule has 0 aliphatic rings. The summed E-state index contributed by atoms with van der Waals surface area (Å²) in [5.41, 5.74) is -0.477. The van der Waals surface area contributed by atoms with Crippen molar-refractivity contribution in [3.05, 3.63) is 35.5 Å². The molecule has 10 nitrogen and oxygen atoms in total. The van der Waals surface area contributed by atoms with E-state index in [-0.39, 0.29) is 25.5 Å². The van der Waals surface area contributed by atoms with Crippen LogP contribution < -0.4 is 10.6 Å². The number of ether oxygens (including phenoxy) is 3. The fourth-order valence-electron chi connectivity index (χ4n) is 1.72. The van der Waals surface area contributed by atoms with E-state index >= 15 is 0 Å². The molecule has 0 radical (unpaired) electrons. The fraction of sp³-hybridized carbons (Fsp3) is 0.412. The normalized spacial score (nSPS) is 10.6. The first-order chi connectivity index (χ1) is 12.9. The largest absolute Gasteiger partial charge is 0.462 e. The monoisotopic (exact) mass is 381 g/mol. The number of hydrogen-bond acceptors (Lipinski definition) is 10. The molecule has 0 amide bonds. The van der Waals surface area contributed by atoms with Gasteiger partial charge in [-0.2, -0.15) is 0 Å². The van der Waals surface area contributed by atoms with E-state index in [1.165, 1.54) is 6.20 Å². The Hall–Kier alpha value is -3.30. The quantitative estimate of drug-likeness (QED) is 0.202. The van der Waals surface area contributed by atoms with E-state index in [1.807, 2.05) is 0 Å². The first-order valence-electron chi connectivity index (χ1n) is 8.30. The van der Waals surface area contributed by atoms with E-state index in [0.29, 0.717) is 11.6 Å². The molecule has 0 atom stereocenters. The summed E-state index contributed by atoms with van der Waals surface area (Å²) in [4.78, 5) is 36.0. The number of nitrogens with one attached hydrogen (secondary N) is 2. The average molecular weight is 381 g/mol. The van der Waals surface area contributed by atoms with Crippen LogP contribution in [0.25, 0.3) is 0 Å². The number of hydrogen-bond donors (Lipinski definition) is 2. The minimum atomic E-state index is -0.883. The van der Waals surface area contributed by atoms with Gasteiger partial charge in [0.25, 0.3) is 0 Å². The van der Waals surface area contributed by atoms with Gasteiger partial charge in [0, 0.05) is 18.5 Å². The van der Waals surface area contributed by atoms with Gasteiger partial charge in [-0.3, -0.25) is 0 Å². The first-order valence-corrected chi connectivity index (χ1v) is 8.30. The van der Waals surface area contributed by atoms with Crippen LogP contribution in [0.3, 0.4) is 0 Å². The summed E-state index contributed by atoms with van der Waals surface area (Å²) >= 11 is 0. The average Bonchev–Trinajstić information content (AvgIpc) is 3.03. The van der Waals surface area contributed by atoms with Crippen LogP contribution in [0.15, 0.2) is 34.3 Å². The van der Waals surface area contributed by atoms with E-state index in [4.69, 9.17) is 18.7 Å². The molecule has 0 spiro atoms. The first kappa shape index (κ1) is 21.7. The van der Waals surface area contributed by atoms with Crippen LogP contribution in [0.4, 0.5) is 5.82 Å². The molecule has 0 bridgehead atoms. The summed E-state index contributed by atoms with van der Waals surface area (Å²) in [5.74, 6) is -1.55. The number of anilines is 1. The summed E-state index contributed by atoms with van der Waals surface area (Å²) in [6.07, 6.45) is 2.29. The van der Waals surface area contributed by atoms with Crippen LogP contribution in [0.1, 0.15) is 26.5 Å². The highest BCUT2D eigenvalue weighted by Crippen LogP contribution is 2.08. The maximum atomic E-state index is 12.1. The Kier molecular flexibility index (Phi) is 9.13. The van der Waals surface area contributed by atoms with E-state index in [2.05, 4.69) is 15.8 Å². The number of aryl methyl sites for hydroxylation is 1. The SMILES string of the molecule is CCOC(=O)C(=CN/C(=C\Nc1cc(C)on1)C(=O)OCC)C(=O)OCC. The molecular weight excluding hydrogens is 358 g/mol. The number of nitrogens with zero attached hydrogens (tertiary/aromatic N) is 1. The van der Waals surface area contributed by atoms with Crippen LogP contribution in [0.5, 0.6) is 0 Å². The molecule has 0 aliphatic heterocycles. The Morgan fingerprint density at radius 3 is 2.04 bits per heavy atom. The number of rotatable bonds is 10. The zero-order chi connectivity index (χ0) is 20.2. The van der Waals surface area contributed by atoms with Crippen molar-refractivity contribution in [2.45, 2.75) is 27.7 Å². The van der Waals surface area contributed by atoms with Crippen LogP contribution in [-0.4, -0.2) is 42.9 Å². The molecule has 1 aromatic heterocycles. The van der Waals surface area contributed by atoms with Gasteiger partial charge in [0.1, 0.15) is 11.5 Å². The molecule has 2 N–H and O–H groups in total. The van der Waals surface area contributed by atoms with Gasteiger partial charge in [-0.05, 0) is 27.7 Å². The van der Waals surface area contributed by atoms with Crippen LogP contribution in [0, 0.1) is 6.92 Å². The van der Waals surface area contributed by atoms with Gasteiger partial charge in [0.2, 0.25) is 0 Å².